The van der Waals surface area contributed by atoms with Gasteiger partial charge in [-0.15, -0.1) is 0 Å². The smallest absolute Gasteiger partial charge is 0.329 e. The summed E-state index contributed by atoms with van der Waals surface area (Å²) >= 11 is 0. The van der Waals surface area contributed by atoms with Gasteiger partial charge in [0.05, 0.1) is 17.6 Å². The Hall–Kier alpha value is -2.94. The molecule has 2 amide bonds. The second-order valence-corrected chi connectivity index (χ2v) is 8.06. The van der Waals surface area contributed by atoms with Gasteiger partial charge in [0, 0.05) is 13.0 Å². The number of fused-ring (bicyclic) bond motifs is 1. The molecule has 4 rings (SSSR count). The van der Waals surface area contributed by atoms with Crippen molar-refractivity contribution in [3.63, 3.8) is 0 Å². The number of likely N-dealkylation sites (tertiary alicyclic amines) is 1. The summed E-state index contributed by atoms with van der Waals surface area (Å²) in [4.78, 5) is 49.8. The molecule has 9 heteroatoms. The van der Waals surface area contributed by atoms with Crippen molar-refractivity contribution < 1.29 is 19.5 Å². The number of hydrogen-bond acceptors (Lipinski definition) is 5. The predicted octanol–water partition coefficient (Wildman–Crippen LogP) is 1.06. The monoisotopic (exact) mass is 414 g/mol. The molecule has 1 unspecified atom stereocenters. The number of carbonyl (C=O) groups is 3. The van der Waals surface area contributed by atoms with Crippen LogP contribution >= 0.6 is 0 Å². The van der Waals surface area contributed by atoms with E-state index in [4.69, 9.17) is 5.11 Å². The summed E-state index contributed by atoms with van der Waals surface area (Å²) in [5.41, 5.74) is 2.37. The summed E-state index contributed by atoms with van der Waals surface area (Å²) in [6.07, 6.45) is 2.26. The van der Waals surface area contributed by atoms with Crippen molar-refractivity contribution in [1.82, 2.24) is 19.4 Å². The predicted molar refractivity (Wildman–Crippen MR) is 109 cm³/mol. The van der Waals surface area contributed by atoms with Crippen molar-refractivity contribution in [3.8, 4) is 0 Å². The second-order valence-electron chi connectivity index (χ2n) is 8.06. The Morgan fingerprint density at radius 3 is 2.50 bits per heavy atom. The molecule has 2 aliphatic heterocycles. The van der Waals surface area contributed by atoms with Gasteiger partial charge in [-0.25, -0.2) is 4.79 Å². The minimum atomic E-state index is -0.809. The number of nitrogens with one attached hydrogen (secondary N) is 1. The fourth-order valence-corrected chi connectivity index (χ4v) is 4.70. The summed E-state index contributed by atoms with van der Waals surface area (Å²) in [6.45, 7) is 3.90. The van der Waals surface area contributed by atoms with E-state index in [0.717, 1.165) is 37.0 Å². The summed E-state index contributed by atoms with van der Waals surface area (Å²) in [5.74, 6) is -1.24. The van der Waals surface area contributed by atoms with E-state index in [2.05, 4.69) is 5.32 Å². The first-order valence-electron chi connectivity index (χ1n) is 10.4. The molecule has 0 saturated carbocycles. The SMILES string of the molecule is CCn1c(=O)n(C2CCC(=O)NC2=O)c2ccc(C3CCN(CC(=O)O)CC3)cc21. The van der Waals surface area contributed by atoms with E-state index >= 15 is 0 Å². The number of aryl methyl sites for hydroxylation is 1. The molecule has 9 nitrogen and oxygen atoms in total. The largest absolute Gasteiger partial charge is 0.480 e. The number of nitrogens with zero attached hydrogens (tertiary/aromatic N) is 3. The summed E-state index contributed by atoms with van der Waals surface area (Å²) < 4.78 is 3.18. The van der Waals surface area contributed by atoms with Crippen LogP contribution in [0.4, 0.5) is 0 Å². The number of carboxylic acids is 1. The third-order valence-corrected chi connectivity index (χ3v) is 6.24. The number of carbonyl (C=O) groups excluding carboxylic acids is 2. The molecule has 1 aromatic heterocycles. The van der Waals surface area contributed by atoms with E-state index in [1.54, 1.807) is 4.57 Å². The lowest BCUT2D eigenvalue weighted by atomic mass is 9.89. The maximum absolute atomic E-state index is 13.1. The number of rotatable bonds is 5. The molecule has 2 fully saturated rings. The second kappa shape index (κ2) is 8.06. The molecule has 30 heavy (non-hydrogen) atoms. The first-order valence-corrected chi connectivity index (χ1v) is 10.4. The van der Waals surface area contributed by atoms with Gasteiger partial charge in [-0.3, -0.25) is 33.7 Å². The fourth-order valence-electron chi connectivity index (χ4n) is 4.70. The van der Waals surface area contributed by atoms with Crippen LogP contribution in [0, 0.1) is 0 Å². The highest BCUT2D eigenvalue weighted by atomic mass is 16.4. The van der Waals surface area contributed by atoms with E-state index < -0.39 is 17.9 Å². The number of hydrogen-bond donors (Lipinski definition) is 2. The molecule has 3 heterocycles. The number of imidazole rings is 1. The van der Waals surface area contributed by atoms with Crippen LogP contribution in [0.25, 0.3) is 11.0 Å². The highest BCUT2D eigenvalue weighted by Crippen LogP contribution is 2.31. The van der Waals surface area contributed by atoms with Gasteiger partial charge >= 0.3 is 11.7 Å². The Kier molecular flexibility index (Phi) is 5.46. The van der Waals surface area contributed by atoms with Crippen molar-refractivity contribution in [2.24, 2.45) is 0 Å². The van der Waals surface area contributed by atoms with Crippen LogP contribution in [0.5, 0.6) is 0 Å². The topological polar surface area (TPSA) is 114 Å². The Morgan fingerprint density at radius 1 is 1.13 bits per heavy atom. The zero-order valence-electron chi connectivity index (χ0n) is 17.0. The lowest BCUT2D eigenvalue weighted by Gasteiger charge is -2.31. The van der Waals surface area contributed by atoms with Gasteiger partial charge in [0.1, 0.15) is 6.04 Å². The molecule has 0 spiro atoms. The lowest BCUT2D eigenvalue weighted by Crippen LogP contribution is -2.44. The Morgan fingerprint density at radius 2 is 1.87 bits per heavy atom. The fraction of sp³-hybridized carbons (Fsp3) is 0.524. The number of benzene rings is 1. The summed E-state index contributed by atoms with van der Waals surface area (Å²) in [5, 5.41) is 11.3. The highest BCUT2D eigenvalue weighted by molar-refractivity contribution is 6.00. The van der Waals surface area contributed by atoms with E-state index in [9.17, 15) is 19.2 Å². The number of amides is 2. The van der Waals surface area contributed by atoms with Gasteiger partial charge in [-0.2, -0.15) is 0 Å². The van der Waals surface area contributed by atoms with Crippen LogP contribution in [-0.4, -0.2) is 56.6 Å². The minimum absolute atomic E-state index is 0.0654. The van der Waals surface area contributed by atoms with E-state index in [0.29, 0.717) is 24.4 Å². The standard InChI is InChI=1S/C21H26N4O5/c1-2-24-17-11-14(13-7-9-23(10-8-13)12-19(27)28)3-4-15(17)25(21(24)30)16-5-6-18(26)22-20(16)29/h3-4,11,13,16H,2,5-10,12H2,1H3,(H,27,28)(H,22,26,29). The number of piperidine rings is 2. The van der Waals surface area contributed by atoms with Gasteiger partial charge in [0.15, 0.2) is 0 Å². The first-order chi connectivity index (χ1) is 14.4. The normalized spacial score (nSPS) is 21.2. The number of imide groups is 1. The van der Waals surface area contributed by atoms with Crippen molar-refractivity contribution in [1.29, 1.82) is 0 Å². The van der Waals surface area contributed by atoms with Crippen molar-refractivity contribution in [2.75, 3.05) is 19.6 Å². The summed E-state index contributed by atoms with van der Waals surface area (Å²) in [6, 6.07) is 5.24. The van der Waals surface area contributed by atoms with Crippen LogP contribution in [-0.2, 0) is 20.9 Å². The van der Waals surface area contributed by atoms with E-state index in [-0.39, 0.29) is 24.6 Å². The Labute approximate surface area is 173 Å². The van der Waals surface area contributed by atoms with Gasteiger partial charge in [-0.1, -0.05) is 6.07 Å². The molecule has 0 bridgehead atoms. The maximum atomic E-state index is 13.1. The van der Waals surface area contributed by atoms with Crippen LogP contribution in [0.3, 0.4) is 0 Å². The lowest BCUT2D eigenvalue weighted by molar-refractivity contribution is -0.139. The Bertz CT molecular complexity index is 1060. The van der Waals surface area contributed by atoms with Crippen LogP contribution < -0.4 is 11.0 Å². The zero-order valence-corrected chi connectivity index (χ0v) is 17.0. The molecule has 1 aromatic carbocycles. The van der Waals surface area contributed by atoms with Gasteiger partial charge in [0.25, 0.3) is 0 Å². The average molecular weight is 414 g/mol. The molecule has 2 saturated heterocycles. The van der Waals surface area contributed by atoms with Crippen molar-refractivity contribution in [2.45, 2.75) is 51.1 Å². The third kappa shape index (κ3) is 3.65. The van der Waals surface area contributed by atoms with Gasteiger partial charge < -0.3 is 5.11 Å². The van der Waals surface area contributed by atoms with Crippen LogP contribution in [0.15, 0.2) is 23.0 Å². The minimum Gasteiger partial charge on any atom is -0.480 e. The molecular weight excluding hydrogens is 388 g/mol. The first kappa shape index (κ1) is 20.3. The number of aliphatic carboxylic acids is 1. The van der Waals surface area contributed by atoms with Gasteiger partial charge in [0.2, 0.25) is 11.8 Å². The summed E-state index contributed by atoms with van der Waals surface area (Å²) in [7, 11) is 0. The zero-order chi connectivity index (χ0) is 21.4. The average Bonchev–Trinajstić information content (AvgIpc) is 2.98. The van der Waals surface area contributed by atoms with Crippen molar-refractivity contribution >= 4 is 28.8 Å². The van der Waals surface area contributed by atoms with E-state index in [1.165, 1.54) is 4.57 Å². The highest BCUT2D eigenvalue weighted by Gasteiger charge is 2.32. The molecule has 160 valence electrons. The molecule has 2 N–H and O–H groups in total. The third-order valence-electron chi connectivity index (χ3n) is 6.24. The molecular formula is C21H26N4O5. The van der Waals surface area contributed by atoms with E-state index in [1.807, 2.05) is 30.0 Å². The maximum Gasteiger partial charge on any atom is 0.329 e. The Balaban J connectivity index is 1.65. The van der Waals surface area contributed by atoms with Gasteiger partial charge in [-0.05, 0) is 62.9 Å². The number of aromatic nitrogens is 2. The molecule has 1 atom stereocenters. The molecule has 2 aliphatic rings. The molecule has 0 radical (unpaired) electrons. The number of carboxylic acid groups (broad SMARTS) is 1. The molecule has 2 aromatic rings. The van der Waals surface area contributed by atoms with Crippen LogP contribution in [0.1, 0.15) is 50.1 Å². The van der Waals surface area contributed by atoms with Crippen molar-refractivity contribution in [3.05, 3.63) is 34.2 Å². The quantitative estimate of drug-likeness (QED) is 0.708. The molecule has 0 aliphatic carbocycles. The van der Waals surface area contributed by atoms with Crippen LogP contribution in [0.2, 0.25) is 0 Å².